The van der Waals surface area contributed by atoms with Gasteiger partial charge in [0.25, 0.3) is 5.91 Å². The molecule has 1 aromatic heterocycles. The zero-order valence-corrected chi connectivity index (χ0v) is 8.03. The number of aromatic carboxylic acids is 1. The van der Waals surface area contributed by atoms with Crippen molar-refractivity contribution in [3.8, 4) is 0 Å². The molecule has 15 heavy (non-hydrogen) atoms. The molecule has 1 saturated carbocycles. The summed E-state index contributed by atoms with van der Waals surface area (Å²) in [4.78, 5) is 22.0. The first-order chi connectivity index (χ1) is 7.16. The Hall–Kier alpha value is -1.78. The SMILES string of the molecule is O=C(O)c1ccc(C(=O)NC2CCC2)o1. The molecule has 0 spiro atoms. The van der Waals surface area contributed by atoms with Crippen LogP contribution in [0, 0.1) is 0 Å². The average molecular weight is 209 g/mol. The van der Waals surface area contributed by atoms with E-state index in [2.05, 4.69) is 5.32 Å². The predicted octanol–water partition coefficient (Wildman–Crippen LogP) is 1.26. The molecule has 80 valence electrons. The molecule has 1 fully saturated rings. The van der Waals surface area contributed by atoms with Crippen LogP contribution in [-0.2, 0) is 0 Å². The monoisotopic (exact) mass is 209 g/mol. The van der Waals surface area contributed by atoms with E-state index in [1.165, 1.54) is 12.1 Å². The molecule has 2 rings (SSSR count). The summed E-state index contributed by atoms with van der Waals surface area (Å²) in [7, 11) is 0. The Labute approximate surface area is 86.1 Å². The summed E-state index contributed by atoms with van der Waals surface area (Å²) in [5.41, 5.74) is 0. The standard InChI is InChI=1S/C10H11NO4/c12-9(11-6-2-1-3-6)7-4-5-8(15-7)10(13)14/h4-6H,1-3H2,(H,11,12)(H,13,14). The summed E-state index contributed by atoms with van der Waals surface area (Å²) in [5.74, 6) is -1.67. The van der Waals surface area contributed by atoms with Crippen LogP contribution in [0.5, 0.6) is 0 Å². The molecular formula is C10H11NO4. The van der Waals surface area contributed by atoms with E-state index < -0.39 is 5.97 Å². The molecule has 0 bridgehead atoms. The number of nitrogens with one attached hydrogen (secondary N) is 1. The van der Waals surface area contributed by atoms with Crippen LogP contribution in [-0.4, -0.2) is 23.0 Å². The zero-order valence-electron chi connectivity index (χ0n) is 8.03. The van der Waals surface area contributed by atoms with Crippen molar-refractivity contribution in [1.82, 2.24) is 5.32 Å². The lowest BCUT2D eigenvalue weighted by molar-refractivity contribution is 0.0659. The van der Waals surface area contributed by atoms with E-state index in [0.717, 1.165) is 19.3 Å². The quantitative estimate of drug-likeness (QED) is 0.785. The molecule has 0 unspecified atom stereocenters. The van der Waals surface area contributed by atoms with E-state index in [0.29, 0.717) is 0 Å². The van der Waals surface area contributed by atoms with E-state index in [9.17, 15) is 9.59 Å². The Kier molecular flexibility index (Phi) is 2.45. The lowest BCUT2D eigenvalue weighted by atomic mass is 9.93. The van der Waals surface area contributed by atoms with Crippen molar-refractivity contribution < 1.29 is 19.1 Å². The highest BCUT2D eigenvalue weighted by Crippen LogP contribution is 2.19. The van der Waals surface area contributed by atoms with Crippen LogP contribution in [0.25, 0.3) is 0 Å². The smallest absolute Gasteiger partial charge is 0.371 e. The van der Waals surface area contributed by atoms with E-state index in [1.54, 1.807) is 0 Å². The maximum atomic E-state index is 11.5. The van der Waals surface area contributed by atoms with Gasteiger partial charge in [-0.1, -0.05) is 0 Å². The third kappa shape index (κ3) is 2.01. The van der Waals surface area contributed by atoms with Gasteiger partial charge in [-0.2, -0.15) is 0 Å². The number of hydrogen-bond acceptors (Lipinski definition) is 3. The molecule has 1 aliphatic carbocycles. The van der Waals surface area contributed by atoms with Gasteiger partial charge in [-0.3, -0.25) is 4.79 Å². The predicted molar refractivity (Wildman–Crippen MR) is 50.8 cm³/mol. The second kappa shape index (κ2) is 3.76. The van der Waals surface area contributed by atoms with Crippen molar-refractivity contribution in [1.29, 1.82) is 0 Å². The van der Waals surface area contributed by atoms with Crippen molar-refractivity contribution >= 4 is 11.9 Å². The summed E-state index contributed by atoms with van der Waals surface area (Å²) in [6.45, 7) is 0. The number of carboxylic acid groups (broad SMARTS) is 1. The summed E-state index contributed by atoms with van der Waals surface area (Å²) in [6, 6.07) is 2.87. The maximum absolute atomic E-state index is 11.5. The summed E-state index contributed by atoms with van der Waals surface area (Å²) in [6.07, 6.45) is 3.10. The number of amides is 1. The van der Waals surface area contributed by atoms with Crippen LogP contribution in [0.1, 0.15) is 40.4 Å². The van der Waals surface area contributed by atoms with Gasteiger partial charge >= 0.3 is 5.97 Å². The first-order valence-corrected chi connectivity index (χ1v) is 4.81. The van der Waals surface area contributed by atoms with Crippen molar-refractivity contribution in [2.45, 2.75) is 25.3 Å². The summed E-state index contributed by atoms with van der Waals surface area (Å²) >= 11 is 0. The molecule has 1 amide bonds. The largest absolute Gasteiger partial charge is 0.475 e. The topological polar surface area (TPSA) is 79.5 Å². The van der Waals surface area contributed by atoms with Gasteiger partial charge in [0, 0.05) is 6.04 Å². The third-order valence-corrected chi connectivity index (χ3v) is 2.48. The molecule has 0 aliphatic heterocycles. The molecule has 0 saturated heterocycles. The van der Waals surface area contributed by atoms with Crippen LogP contribution in [0.4, 0.5) is 0 Å². The second-order valence-corrected chi connectivity index (χ2v) is 3.57. The van der Waals surface area contributed by atoms with Gasteiger partial charge in [0.15, 0.2) is 5.76 Å². The molecule has 0 aromatic carbocycles. The molecule has 1 heterocycles. The van der Waals surface area contributed by atoms with Gasteiger partial charge in [0.1, 0.15) is 0 Å². The Bertz CT molecular complexity index is 392. The second-order valence-electron chi connectivity index (χ2n) is 3.57. The minimum Gasteiger partial charge on any atom is -0.475 e. The Morgan fingerprint density at radius 3 is 2.47 bits per heavy atom. The van der Waals surface area contributed by atoms with Crippen molar-refractivity contribution in [2.75, 3.05) is 0 Å². The number of carbonyl (C=O) groups is 2. The lowest BCUT2D eigenvalue weighted by Gasteiger charge is -2.25. The minimum atomic E-state index is -1.17. The molecule has 1 aromatic rings. The Balaban J connectivity index is 2.01. The first kappa shape index (κ1) is 9.76. The van der Waals surface area contributed by atoms with Gasteiger partial charge in [0.2, 0.25) is 5.76 Å². The normalized spacial score (nSPS) is 15.7. The molecule has 5 nitrogen and oxygen atoms in total. The Morgan fingerprint density at radius 2 is 2.00 bits per heavy atom. The van der Waals surface area contributed by atoms with Crippen LogP contribution in [0.15, 0.2) is 16.5 Å². The lowest BCUT2D eigenvalue weighted by Crippen LogP contribution is -2.39. The van der Waals surface area contributed by atoms with Crippen LogP contribution >= 0.6 is 0 Å². The number of hydrogen-bond donors (Lipinski definition) is 2. The van der Waals surface area contributed by atoms with Gasteiger partial charge in [-0.05, 0) is 31.4 Å². The summed E-state index contributed by atoms with van der Waals surface area (Å²) in [5, 5.41) is 11.4. The van der Waals surface area contributed by atoms with E-state index in [4.69, 9.17) is 9.52 Å². The number of carbonyl (C=O) groups excluding carboxylic acids is 1. The van der Waals surface area contributed by atoms with E-state index >= 15 is 0 Å². The molecule has 5 heteroatoms. The third-order valence-electron chi connectivity index (χ3n) is 2.48. The highest BCUT2D eigenvalue weighted by Gasteiger charge is 2.22. The van der Waals surface area contributed by atoms with E-state index in [1.807, 2.05) is 0 Å². The fraction of sp³-hybridized carbons (Fsp3) is 0.400. The fourth-order valence-electron chi connectivity index (χ4n) is 1.38. The van der Waals surface area contributed by atoms with E-state index in [-0.39, 0.29) is 23.5 Å². The molecule has 1 aliphatic rings. The molecular weight excluding hydrogens is 198 g/mol. The van der Waals surface area contributed by atoms with Gasteiger partial charge in [-0.25, -0.2) is 4.79 Å². The number of rotatable bonds is 3. The molecule has 0 radical (unpaired) electrons. The molecule has 2 N–H and O–H groups in total. The molecule has 0 atom stereocenters. The Morgan fingerprint density at radius 1 is 1.33 bits per heavy atom. The van der Waals surface area contributed by atoms with Gasteiger partial charge in [-0.15, -0.1) is 0 Å². The average Bonchev–Trinajstić information content (AvgIpc) is 2.59. The van der Waals surface area contributed by atoms with Crippen LogP contribution < -0.4 is 5.32 Å². The van der Waals surface area contributed by atoms with Crippen molar-refractivity contribution in [3.63, 3.8) is 0 Å². The zero-order chi connectivity index (χ0) is 10.8. The number of carboxylic acids is 1. The van der Waals surface area contributed by atoms with Crippen LogP contribution in [0.3, 0.4) is 0 Å². The maximum Gasteiger partial charge on any atom is 0.371 e. The summed E-state index contributed by atoms with van der Waals surface area (Å²) < 4.78 is 4.86. The van der Waals surface area contributed by atoms with Crippen LogP contribution in [0.2, 0.25) is 0 Å². The van der Waals surface area contributed by atoms with Crippen molar-refractivity contribution in [2.24, 2.45) is 0 Å². The fourth-order valence-corrected chi connectivity index (χ4v) is 1.38. The minimum absolute atomic E-state index is 0.0549. The van der Waals surface area contributed by atoms with Gasteiger partial charge in [0.05, 0.1) is 0 Å². The highest BCUT2D eigenvalue weighted by atomic mass is 16.4. The van der Waals surface area contributed by atoms with Gasteiger partial charge < -0.3 is 14.8 Å². The first-order valence-electron chi connectivity index (χ1n) is 4.81. The number of furan rings is 1. The highest BCUT2D eigenvalue weighted by molar-refractivity contribution is 5.93. The van der Waals surface area contributed by atoms with Crippen molar-refractivity contribution in [3.05, 3.63) is 23.7 Å².